The summed E-state index contributed by atoms with van der Waals surface area (Å²) >= 11 is 0. The molecular weight excluding hydrogens is 186 g/mol. The lowest BCUT2D eigenvalue weighted by atomic mass is 9.74. The number of methoxy groups -OCH3 is 1. The van der Waals surface area contributed by atoms with Gasteiger partial charge < -0.3 is 10.5 Å². The number of ether oxygens (including phenoxy) is 1. The Hall–Kier alpha value is -0.340. The molecule has 1 fully saturated rings. The summed E-state index contributed by atoms with van der Waals surface area (Å²) in [6.07, 6.45) is 12.2. The first kappa shape index (κ1) is 11.2. The summed E-state index contributed by atoms with van der Waals surface area (Å²) in [5, 5.41) is 0. The summed E-state index contributed by atoms with van der Waals surface area (Å²) in [6, 6.07) is 0.241. The maximum atomic E-state index is 6.27. The smallest absolute Gasteiger partial charge is 0.0696 e. The molecule has 0 radical (unpaired) electrons. The van der Waals surface area contributed by atoms with Gasteiger partial charge in [-0.3, -0.25) is 0 Å². The minimum atomic E-state index is 0.123. The van der Waals surface area contributed by atoms with Gasteiger partial charge in [-0.1, -0.05) is 11.6 Å². The van der Waals surface area contributed by atoms with Crippen molar-refractivity contribution in [3.8, 4) is 0 Å². The highest BCUT2D eigenvalue weighted by Gasteiger charge is 2.38. The molecule has 0 bridgehead atoms. The molecule has 2 heteroatoms. The van der Waals surface area contributed by atoms with Gasteiger partial charge in [0.1, 0.15) is 0 Å². The van der Waals surface area contributed by atoms with Gasteiger partial charge in [0.05, 0.1) is 5.60 Å². The van der Waals surface area contributed by atoms with Crippen LogP contribution < -0.4 is 5.73 Å². The van der Waals surface area contributed by atoms with E-state index in [1.165, 1.54) is 50.5 Å². The van der Waals surface area contributed by atoms with Gasteiger partial charge in [0.25, 0.3) is 0 Å². The summed E-state index contributed by atoms with van der Waals surface area (Å²) in [5.74, 6) is 0. The van der Waals surface area contributed by atoms with Crippen molar-refractivity contribution in [1.82, 2.24) is 0 Å². The fourth-order valence-corrected chi connectivity index (χ4v) is 2.79. The molecule has 0 heterocycles. The van der Waals surface area contributed by atoms with E-state index in [0.29, 0.717) is 0 Å². The van der Waals surface area contributed by atoms with Gasteiger partial charge in [-0.15, -0.1) is 0 Å². The van der Waals surface area contributed by atoms with E-state index in [9.17, 15) is 0 Å². The van der Waals surface area contributed by atoms with E-state index >= 15 is 0 Å². The fourth-order valence-electron chi connectivity index (χ4n) is 2.79. The first-order valence-electron chi connectivity index (χ1n) is 6.25. The van der Waals surface area contributed by atoms with Crippen molar-refractivity contribution in [2.45, 2.75) is 63.0 Å². The standard InChI is InChI=1S/C13H23NO/c1-15-13(8-5-9-13)10-12(14)11-6-3-2-4-7-11/h6,12H,2-5,7-10,14H2,1H3. The van der Waals surface area contributed by atoms with Crippen LogP contribution in [0.3, 0.4) is 0 Å². The first-order valence-corrected chi connectivity index (χ1v) is 6.25. The molecule has 0 amide bonds. The monoisotopic (exact) mass is 209 g/mol. The third-order valence-corrected chi connectivity index (χ3v) is 4.09. The van der Waals surface area contributed by atoms with Crippen molar-refractivity contribution in [3.63, 3.8) is 0 Å². The Labute approximate surface area is 92.9 Å². The predicted molar refractivity (Wildman–Crippen MR) is 62.7 cm³/mol. The van der Waals surface area contributed by atoms with Gasteiger partial charge in [0.15, 0.2) is 0 Å². The highest BCUT2D eigenvalue weighted by atomic mass is 16.5. The second-order valence-electron chi connectivity index (χ2n) is 5.08. The Morgan fingerprint density at radius 3 is 2.67 bits per heavy atom. The molecule has 15 heavy (non-hydrogen) atoms. The predicted octanol–water partition coefficient (Wildman–Crippen LogP) is 2.77. The minimum Gasteiger partial charge on any atom is -0.378 e. The van der Waals surface area contributed by atoms with Crippen LogP contribution in [0.5, 0.6) is 0 Å². The molecule has 0 aliphatic heterocycles. The Bertz CT molecular complexity index is 237. The zero-order valence-corrected chi connectivity index (χ0v) is 9.80. The molecule has 0 saturated heterocycles. The molecule has 2 nitrogen and oxygen atoms in total. The van der Waals surface area contributed by atoms with Crippen LogP contribution in [0.15, 0.2) is 11.6 Å². The van der Waals surface area contributed by atoms with Crippen LogP contribution in [0.2, 0.25) is 0 Å². The zero-order chi connectivity index (χ0) is 10.7. The van der Waals surface area contributed by atoms with Crippen molar-refractivity contribution in [2.24, 2.45) is 5.73 Å². The van der Waals surface area contributed by atoms with E-state index in [-0.39, 0.29) is 11.6 Å². The van der Waals surface area contributed by atoms with Crippen molar-refractivity contribution in [2.75, 3.05) is 7.11 Å². The number of hydrogen-bond donors (Lipinski definition) is 1. The van der Waals surface area contributed by atoms with Gasteiger partial charge >= 0.3 is 0 Å². The number of rotatable bonds is 4. The molecule has 86 valence electrons. The topological polar surface area (TPSA) is 35.2 Å². The molecule has 2 rings (SSSR count). The number of hydrogen-bond acceptors (Lipinski definition) is 2. The van der Waals surface area contributed by atoms with E-state index in [0.717, 1.165) is 6.42 Å². The van der Waals surface area contributed by atoms with Crippen LogP contribution >= 0.6 is 0 Å². The van der Waals surface area contributed by atoms with Crippen molar-refractivity contribution >= 4 is 0 Å². The van der Waals surface area contributed by atoms with E-state index in [1.54, 1.807) is 0 Å². The van der Waals surface area contributed by atoms with Crippen LogP contribution in [-0.4, -0.2) is 18.8 Å². The maximum absolute atomic E-state index is 6.27. The molecule has 2 N–H and O–H groups in total. The molecular formula is C13H23NO. The Morgan fingerprint density at radius 2 is 2.20 bits per heavy atom. The van der Waals surface area contributed by atoms with Crippen LogP contribution in [0.25, 0.3) is 0 Å². The van der Waals surface area contributed by atoms with E-state index in [2.05, 4.69) is 6.08 Å². The molecule has 2 aliphatic carbocycles. The summed E-state index contributed by atoms with van der Waals surface area (Å²) in [7, 11) is 1.83. The fraction of sp³-hybridized carbons (Fsp3) is 0.846. The molecule has 1 unspecified atom stereocenters. The van der Waals surface area contributed by atoms with Gasteiger partial charge in [0, 0.05) is 13.2 Å². The highest BCUT2D eigenvalue weighted by molar-refractivity contribution is 5.14. The average molecular weight is 209 g/mol. The highest BCUT2D eigenvalue weighted by Crippen LogP contribution is 2.40. The third-order valence-electron chi connectivity index (χ3n) is 4.09. The van der Waals surface area contributed by atoms with Gasteiger partial charge in [-0.05, 0) is 51.4 Å². The lowest BCUT2D eigenvalue weighted by molar-refractivity contribution is -0.0797. The maximum Gasteiger partial charge on any atom is 0.0696 e. The van der Waals surface area contributed by atoms with Gasteiger partial charge in [0.2, 0.25) is 0 Å². The Morgan fingerprint density at radius 1 is 1.40 bits per heavy atom. The van der Waals surface area contributed by atoms with Crippen LogP contribution in [-0.2, 0) is 4.74 Å². The summed E-state index contributed by atoms with van der Waals surface area (Å²) in [6.45, 7) is 0. The second-order valence-corrected chi connectivity index (χ2v) is 5.08. The van der Waals surface area contributed by atoms with Gasteiger partial charge in [-0.25, -0.2) is 0 Å². The second kappa shape index (κ2) is 4.67. The first-order chi connectivity index (χ1) is 7.26. The van der Waals surface area contributed by atoms with Crippen LogP contribution in [0, 0.1) is 0 Å². The normalized spacial score (nSPS) is 26.7. The number of nitrogens with two attached hydrogens (primary N) is 1. The number of allylic oxidation sites excluding steroid dienone is 1. The van der Waals surface area contributed by atoms with Gasteiger partial charge in [-0.2, -0.15) is 0 Å². The Balaban J connectivity index is 1.90. The SMILES string of the molecule is COC1(CC(N)C2=CCCCC2)CCC1. The molecule has 0 aromatic carbocycles. The third kappa shape index (κ3) is 2.43. The molecule has 0 aromatic rings. The molecule has 2 aliphatic rings. The average Bonchev–Trinajstić information content (AvgIpc) is 2.24. The van der Waals surface area contributed by atoms with Crippen molar-refractivity contribution in [1.29, 1.82) is 0 Å². The summed E-state index contributed by atoms with van der Waals surface area (Å²) in [5.41, 5.74) is 7.87. The van der Waals surface area contributed by atoms with E-state index in [1.807, 2.05) is 7.11 Å². The quantitative estimate of drug-likeness (QED) is 0.723. The van der Waals surface area contributed by atoms with E-state index in [4.69, 9.17) is 10.5 Å². The Kier molecular flexibility index (Phi) is 3.47. The van der Waals surface area contributed by atoms with Crippen molar-refractivity contribution < 1.29 is 4.74 Å². The van der Waals surface area contributed by atoms with Crippen LogP contribution in [0.4, 0.5) is 0 Å². The zero-order valence-electron chi connectivity index (χ0n) is 9.80. The molecule has 1 saturated carbocycles. The van der Waals surface area contributed by atoms with Crippen molar-refractivity contribution in [3.05, 3.63) is 11.6 Å². The largest absolute Gasteiger partial charge is 0.378 e. The molecule has 0 aromatic heterocycles. The summed E-state index contributed by atoms with van der Waals surface area (Å²) < 4.78 is 5.63. The minimum absolute atomic E-state index is 0.123. The lowest BCUT2D eigenvalue weighted by Gasteiger charge is -2.42. The lowest BCUT2D eigenvalue weighted by Crippen LogP contribution is -2.45. The molecule has 0 spiro atoms. The molecule has 1 atom stereocenters. The van der Waals surface area contributed by atoms with E-state index < -0.39 is 0 Å². The van der Waals surface area contributed by atoms with Crippen LogP contribution in [0.1, 0.15) is 51.4 Å². The summed E-state index contributed by atoms with van der Waals surface area (Å²) in [4.78, 5) is 0.